The lowest BCUT2D eigenvalue weighted by Gasteiger charge is -1.99. The number of thioether (sulfide) groups is 1. The Morgan fingerprint density at radius 3 is 2.60 bits per heavy atom. The molecule has 2 heterocycles. The van der Waals surface area contributed by atoms with Crippen LogP contribution in [0.3, 0.4) is 0 Å². The van der Waals surface area contributed by atoms with Crippen molar-refractivity contribution in [1.82, 2.24) is 5.32 Å². The van der Waals surface area contributed by atoms with Gasteiger partial charge in [-0.05, 0) is 48.2 Å². The number of nitrogens with zero attached hydrogens (tertiary/aromatic N) is 2. The molecule has 0 radical (unpaired) electrons. The van der Waals surface area contributed by atoms with Gasteiger partial charge in [0.15, 0.2) is 10.6 Å². The standard InChI is InChI=1S/C20H10Cl3N3O3S/c21-11-4-5-16-12(7-11)18(27)10(9-29-16)6-17-19(28)25-20(30-17)26-24-8-13-14(22)2-1-3-15(13)23/h1-9H,(H,25,26,28)/b17-6+,24-8+. The number of hydrogen-bond acceptors (Lipinski definition) is 6. The number of nitrogens with one attached hydrogen (secondary N) is 1. The van der Waals surface area contributed by atoms with Gasteiger partial charge in [-0.3, -0.25) is 14.9 Å². The van der Waals surface area contributed by atoms with Gasteiger partial charge in [0.05, 0.1) is 32.1 Å². The number of carbonyl (C=O) groups is 1. The molecule has 0 atom stereocenters. The minimum Gasteiger partial charge on any atom is -0.463 e. The van der Waals surface area contributed by atoms with Crippen LogP contribution in [-0.4, -0.2) is 17.3 Å². The van der Waals surface area contributed by atoms with E-state index in [0.29, 0.717) is 31.6 Å². The number of hydrogen-bond donors (Lipinski definition) is 1. The summed E-state index contributed by atoms with van der Waals surface area (Å²) in [5.41, 5.74) is 0.846. The molecule has 0 unspecified atom stereocenters. The highest BCUT2D eigenvalue weighted by Gasteiger charge is 2.24. The van der Waals surface area contributed by atoms with Gasteiger partial charge < -0.3 is 4.42 Å². The van der Waals surface area contributed by atoms with Crippen molar-refractivity contribution in [3.05, 3.63) is 84.0 Å². The van der Waals surface area contributed by atoms with E-state index in [0.717, 1.165) is 11.8 Å². The van der Waals surface area contributed by atoms with Gasteiger partial charge in [0.2, 0.25) is 0 Å². The van der Waals surface area contributed by atoms with E-state index in [1.807, 2.05) is 0 Å². The molecule has 1 amide bonds. The van der Waals surface area contributed by atoms with E-state index in [-0.39, 0.29) is 21.1 Å². The van der Waals surface area contributed by atoms with Crippen molar-refractivity contribution in [2.75, 3.05) is 0 Å². The van der Waals surface area contributed by atoms with Crippen LogP contribution in [0.4, 0.5) is 0 Å². The van der Waals surface area contributed by atoms with Gasteiger partial charge in [-0.2, -0.15) is 5.10 Å². The minimum atomic E-state index is -0.407. The fourth-order valence-corrected chi connectivity index (χ4v) is 4.04. The first-order valence-corrected chi connectivity index (χ1v) is 10.3. The van der Waals surface area contributed by atoms with E-state index in [9.17, 15) is 9.59 Å². The Kier molecular flexibility index (Phi) is 5.97. The lowest BCUT2D eigenvalue weighted by molar-refractivity contribution is -0.115. The molecule has 1 N–H and O–H groups in total. The second-order valence-corrected chi connectivity index (χ2v) is 8.29. The molecule has 150 valence electrons. The number of benzene rings is 2. The summed E-state index contributed by atoms with van der Waals surface area (Å²) in [7, 11) is 0. The van der Waals surface area contributed by atoms with Gasteiger partial charge in [0.1, 0.15) is 11.8 Å². The average molecular weight is 479 g/mol. The number of halogens is 3. The van der Waals surface area contributed by atoms with E-state index >= 15 is 0 Å². The lowest BCUT2D eigenvalue weighted by Crippen LogP contribution is -2.19. The number of rotatable bonds is 3. The van der Waals surface area contributed by atoms with Crippen LogP contribution in [0.1, 0.15) is 11.1 Å². The second kappa shape index (κ2) is 8.65. The Labute approximate surface area is 189 Å². The van der Waals surface area contributed by atoms with Crippen LogP contribution < -0.4 is 10.7 Å². The van der Waals surface area contributed by atoms with Crippen molar-refractivity contribution in [3.8, 4) is 0 Å². The monoisotopic (exact) mass is 477 g/mol. The number of fused-ring (bicyclic) bond motifs is 1. The lowest BCUT2D eigenvalue weighted by atomic mass is 10.1. The topological polar surface area (TPSA) is 84.0 Å². The summed E-state index contributed by atoms with van der Waals surface area (Å²) in [6, 6.07) is 9.84. The minimum absolute atomic E-state index is 0.218. The van der Waals surface area contributed by atoms with Crippen molar-refractivity contribution in [3.63, 3.8) is 0 Å². The van der Waals surface area contributed by atoms with Gasteiger partial charge in [-0.1, -0.05) is 40.9 Å². The third-order valence-electron chi connectivity index (χ3n) is 4.03. The number of amides is 1. The quantitative estimate of drug-likeness (QED) is 0.312. The van der Waals surface area contributed by atoms with Gasteiger partial charge in [0.25, 0.3) is 5.91 Å². The van der Waals surface area contributed by atoms with Crippen LogP contribution in [0.5, 0.6) is 0 Å². The molecule has 1 aromatic heterocycles. The summed E-state index contributed by atoms with van der Waals surface area (Å²) in [5, 5.41) is 12.3. The van der Waals surface area contributed by atoms with Crippen molar-refractivity contribution in [2.45, 2.75) is 0 Å². The van der Waals surface area contributed by atoms with Crippen molar-refractivity contribution >= 4 is 80.9 Å². The zero-order chi connectivity index (χ0) is 21.3. The summed E-state index contributed by atoms with van der Waals surface area (Å²) >= 11 is 19.1. The highest BCUT2D eigenvalue weighted by Crippen LogP contribution is 2.27. The molecule has 6 nitrogen and oxygen atoms in total. The average Bonchev–Trinajstić information content (AvgIpc) is 3.06. The van der Waals surface area contributed by atoms with E-state index < -0.39 is 5.91 Å². The molecule has 0 spiro atoms. The summed E-state index contributed by atoms with van der Waals surface area (Å²) < 4.78 is 5.46. The van der Waals surface area contributed by atoms with E-state index in [2.05, 4.69) is 15.5 Å². The van der Waals surface area contributed by atoms with Crippen LogP contribution in [0.25, 0.3) is 17.0 Å². The van der Waals surface area contributed by atoms with E-state index in [4.69, 9.17) is 39.2 Å². The van der Waals surface area contributed by atoms with Crippen molar-refractivity contribution < 1.29 is 9.21 Å². The van der Waals surface area contributed by atoms with Crippen molar-refractivity contribution in [1.29, 1.82) is 0 Å². The maximum absolute atomic E-state index is 12.7. The molecule has 1 aliphatic rings. The Bertz CT molecular complexity index is 1310. The van der Waals surface area contributed by atoms with Gasteiger partial charge in [-0.25, -0.2) is 0 Å². The largest absolute Gasteiger partial charge is 0.463 e. The van der Waals surface area contributed by atoms with Gasteiger partial charge in [0, 0.05) is 10.6 Å². The molecule has 30 heavy (non-hydrogen) atoms. The van der Waals surface area contributed by atoms with Crippen LogP contribution >= 0.6 is 46.6 Å². The van der Waals surface area contributed by atoms with Crippen LogP contribution in [0.2, 0.25) is 15.1 Å². The fraction of sp³-hybridized carbons (Fsp3) is 0. The molecule has 1 aliphatic heterocycles. The molecular formula is C20H10Cl3N3O3S. The Hall–Kier alpha value is -2.58. The molecule has 3 aromatic rings. The molecule has 4 rings (SSSR count). The molecule has 2 aromatic carbocycles. The SMILES string of the molecule is O=C1N/C(=N/N=C/c2c(Cl)cccc2Cl)S/C1=C/c1coc2ccc(Cl)cc2c1=O. The molecule has 0 bridgehead atoms. The maximum Gasteiger partial charge on any atom is 0.264 e. The van der Waals surface area contributed by atoms with E-state index in [1.54, 1.807) is 30.3 Å². The fourth-order valence-electron chi connectivity index (χ4n) is 2.61. The van der Waals surface area contributed by atoms with Crippen molar-refractivity contribution in [2.24, 2.45) is 10.2 Å². The summed E-state index contributed by atoms with van der Waals surface area (Å²) in [5.74, 6) is -0.407. The highest BCUT2D eigenvalue weighted by molar-refractivity contribution is 8.18. The predicted octanol–water partition coefficient (Wildman–Crippen LogP) is 5.35. The first-order valence-electron chi connectivity index (χ1n) is 8.39. The summed E-state index contributed by atoms with van der Waals surface area (Å²) in [4.78, 5) is 25.2. The molecule has 0 aliphatic carbocycles. The molecule has 1 fully saturated rings. The zero-order valence-corrected chi connectivity index (χ0v) is 17.9. The van der Waals surface area contributed by atoms with Crippen LogP contribution in [-0.2, 0) is 4.79 Å². The molecular weight excluding hydrogens is 469 g/mol. The third-order valence-corrected chi connectivity index (χ3v) is 5.83. The third kappa shape index (κ3) is 4.29. The molecule has 1 saturated heterocycles. The second-order valence-electron chi connectivity index (χ2n) is 6.01. The van der Waals surface area contributed by atoms with E-state index in [1.165, 1.54) is 24.6 Å². The smallest absolute Gasteiger partial charge is 0.264 e. The summed E-state index contributed by atoms with van der Waals surface area (Å²) in [6.45, 7) is 0. The zero-order valence-electron chi connectivity index (χ0n) is 14.9. The van der Waals surface area contributed by atoms with Crippen LogP contribution in [0.15, 0.2) is 67.0 Å². The Morgan fingerprint density at radius 2 is 1.83 bits per heavy atom. The number of amidine groups is 1. The first-order chi connectivity index (χ1) is 14.4. The normalized spacial score (nSPS) is 16.8. The predicted molar refractivity (Wildman–Crippen MR) is 123 cm³/mol. The van der Waals surface area contributed by atoms with Gasteiger partial charge >= 0.3 is 0 Å². The Balaban J connectivity index is 1.59. The van der Waals surface area contributed by atoms with Crippen LogP contribution in [0, 0.1) is 0 Å². The highest BCUT2D eigenvalue weighted by atomic mass is 35.5. The molecule has 0 saturated carbocycles. The first kappa shape index (κ1) is 20.7. The Morgan fingerprint density at radius 1 is 1.07 bits per heavy atom. The summed E-state index contributed by atoms with van der Waals surface area (Å²) in [6.07, 6.45) is 4.13. The van der Waals surface area contributed by atoms with Gasteiger partial charge in [-0.15, -0.1) is 5.10 Å². The maximum atomic E-state index is 12.7. The number of carbonyl (C=O) groups excluding carboxylic acids is 1. The molecule has 10 heteroatoms.